The molecule has 30 heavy (non-hydrogen) atoms. The third-order valence-corrected chi connectivity index (χ3v) is 4.84. The summed E-state index contributed by atoms with van der Waals surface area (Å²) >= 11 is 0. The largest absolute Gasteiger partial charge is 0.450 e. The molecule has 176 valence electrons. The van der Waals surface area contributed by atoms with Crippen molar-refractivity contribution in [3.05, 3.63) is 0 Å². The van der Waals surface area contributed by atoms with E-state index in [0.717, 1.165) is 0 Å². The van der Waals surface area contributed by atoms with Crippen molar-refractivity contribution in [2.75, 3.05) is 39.3 Å². The number of ether oxygens (including phenoxy) is 2. The second-order valence-corrected chi connectivity index (χ2v) is 7.09. The smallest absolute Gasteiger partial charge is 0.410 e. The molecular weight excluding hydrogens is 390 g/mol. The number of carbonyl (C=O) groups excluding carboxylic acids is 4. The van der Waals surface area contributed by atoms with Crippen LogP contribution in [0.4, 0.5) is 9.59 Å². The summed E-state index contributed by atoms with van der Waals surface area (Å²) in [6.07, 6.45) is 2.11. The normalized spacial score (nSPS) is 16.5. The van der Waals surface area contributed by atoms with Gasteiger partial charge in [0.2, 0.25) is 5.91 Å². The Bertz CT molecular complexity index is 573. The van der Waals surface area contributed by atoms with Crippen molar-refractivity contribution in [1.29, 1.82) is 0 Å². The van der Waals surface area contributed by atoms with Crippen molar-refractivity contribution in [1.82, 2.24) is 15.1 Å². The van der Waals surface area contributed by atoms with E-state index in [1.165, 1.54) is 11.8 Å². The van der Waals surface area contributed by atoms with Crippen LogP contribution in [-0.4, -0.2) is 78.6 Å². The fourth-order valence-electron chi connectivity index (χ4n) is 3.44. The molecule has 1 spiro atoms. The number of ketones is 1. The molecule has 0 aliphatic carbocycles. The van der Waals surface area contributed by atoms with Crippen LogP contribution in [-0.2, 0) is 19.1 Å². The first kappa shape index (κ1) is 29.9. The number of rotatable bonds is 8. The van der Waals surface area contributed by atoms with E-state index in [-0.39, 0.29) is 40.5 Å². The van der Waals surface area contributed by atoms with Crippen molar-refractivity contribution < 1.29 is 28.7 Å². The van der Waals surface area contributed by atoms with Crippen LogP contribution in [0.25, 0.3) is 0 Å². The first-order valence-corrected chi connectivity index (χ1v) is 9.51. The second kappa shape index (κ2) is 13.8. The lowest BCUT2D eigenvalue weighted by Crippen LogP contribution is -2.48. The molecule has 2 aliphatic heterocycles. The monoisotopic (exact) mass is 431 g/mol. The van der Waals surface area contributed by atoms with Crippen molar-refractivity contribution in [3.63, 3.8) is 0 Å². The van der Waals surface area contributed by atoms with Gasteiger partial charge in [0.1, 0.15) is 11.4 Å². The lowest BCUT2D eigenvalue weighted by Gasteiger charge is -2.37. The summed E-state index contributed by atoms with van der Waals surface area (Å²) in [5.74, 6) is -0.0000366. The summed E-state index contributed by atoms with van der Waals surface area (Å²) < 4.78 is 10.3. The average molecular weight is 432 g/mol. The van der Waals surface area contributed by atoms with Gasteiger partial charge in [0, 0.05) is 38.9 Å². The van der Waals surface area contributed by atoms with E-state index < -0.39 is 17.8 Å². The zero-order chi connectivity index (χ0) is 19.9. The molecular formula is C21H41N3O6. The van der Waals surface area contributed by atoms with Gasteiger partial charge in [-0.1, -0.05) is 22.3 Å². The fraction of sp³-hybridized carbons (Fsp3) is 0.810. The molecule has 9 heteroatoms. The molecule has 1 N–H and O–H groups in total. The lowest BCUT2D eigenvalue weighted by atomic mass is 9.91. The molecule has 0 unspecified atom stereocenters. The van der Waals surface area contributed by atoms with Gasteiger partial charge in [-0.2, -0.15) is 0 Å². The third kappa shape index (κ3) is 8.59. The summed E-state index contributed by atoms with van der Waals surface area (Å²) in [6, 6.07) is 0. The first-order chi connectivity index (χ1) is 12.8. The average Bonchev–Trinajstić information content (AvgIpc) is 2.89. The Morgan fingerprint density at radius 2 is 1.77 bits per heavy atom. The zero-order valence-electron chi connectivity index (χ0n) is 16.1. The van der Waals surface area contributed by atoms with Crippen molar-refractivity contribution in [2.24, 2.45) is 0 Å². The predicted molar refractivity (Wildman–Crippen MR) is 116 cm³/mol. The molecule has 0 radical (unpaired) electrons. The topological polar surface area (TPSA) is 105 Å². The second-order valence-electron chi connectivity index (χ2n) is 7.09. The molecule has 2 heterocycles. The van der Waals surface area contributed by atoms with Crippen LogP contribution in [0.1, 0.15) is 68.2 Å². The minimum Gasteiger partial charge on any atom is -0.450 e. The number of hydrogen-bond acceptors (Lipinski definition) is 6. The van der Waals surface area contributed by atoms with Crippen LogP contribution < -0.4 is 5.32 Å². The van der Waals surface area contributed by atoms with Gasteiger partial charge in [0.25, 0.3) is 0 Å². The van der Waals surface area contributed by atoms with Crippen molar-refractivity contribution in [3.8, 4) is 0 Å². The first-order valence-electron chi connectivity index (χ1n) is 9.51. The Morgan fingerprint density at radius 1 is 1.13 bits per heavy atom. The van der Waals surface area contributed by atoms with E-state index in [2.05, 4.69) is 5.32 Å². The maximum atomic E-state index is 12.3. The molecule has 2 saturated heterocycles. The molecule has 2 aliphatic rings. The molecule has 0 atom stereocenters. The zero-order valence-corrected chi connectivity index (χ0v) is 16.1. The summed E-state index contributed by atoms with van der Waals surface area (Å²) in [5.41, 5.74) is -0.577. The number of likely N-dealkylation sites (tertiary alicyclic amines) is 1. The lowest BCUT2D eigenvalue weighted by molar-refractivity contribution is -0.134. The van der Waals surface area contributed by atoms with Gasteiger partial charge < -0.3 is 19.7 Å². The number of Topliss-reactive ketones (excluding diaryl/α,β-unsaturated/α-hetero) is 1. The van der Waals surface area contributed by atoms with Crippen LogP contribution in [0.3, 0.4) is 0 Å². The summed E-state index contributed by atoms with van der Waals surface area (Å²) in [4.78, 5) is 49.9. The Kier molecular flexibility index (Phi) is 13.8. The van der Waals surface area contributed by atoms with Gasteiger partial charge in [-0.25, -0.2) is 9.59 Å². The maximum Gasteiger partial charge on any atom is 0.410 e. The number of unbranched alkanes of at least 4 members (excludes halogenated alkanes) is 1. The van der Waals surface area contributed by atoms with E-state index in [0.29, 0.717) is 64.9 Å². The SMILES string of the molecule is C.C.C.CCOC(=O)NCCCCC(=O)N1CCC2(CC1)CN(CC(C)=O)C(=O)O2. The molecule has 0 aromatic heterocycles. The van der Waals surface area contributed by atoms with Crippen molar-refractivity contribution >= 4 is 23.9 Å². The highest BCUT2D eigenvalue weighted by atomic mass is 16.6. The molecule has 0 aromatic rings. The molecule has 0 aromatic carbocycles. The molecule has 9 nitrogen and oxygen atoms in total. The number of carbonyl (C=O) groups is 4. The van der Waals surface area contributed by atoms with E-state index in [1.807, 2.05) is 0 Å². The molecule has 0 saturated carbocycles. The van der Waals surface area contributed by atoms with Gasteiger partial charge >= 0.3 is 12.2 Å². The number of alkyl carbamates (subject to hydrolysis) is 1. The fourth-order valence-corrected chi connectivity index (χ4v) is 3.44. The summed E-state index contributed by atoms with van der Waals surface area (Å²) in [7, 11) is 0. The standard InChI is InChI=1S/C18H29N3O6.3CH4/c1-3-26-16(24)19-9-5-4-6-15(23)20-10-7-18(8-11-20)13-21(12-14(2)22)17(25)27-18;;;/h3-13H2,1-2H3,(H,19,24);3*1H4. The number of amides is 3. The van der Waals surface area contributed by atoms with E-state index in [1.54, 1.807) is 11.8 Å². The summed E-state index contributed by atoms with van der Waals surface area (Å²) in [6.45, 7) is 5.58. The van der Waals surface area contributed by atoms with Gasteiger partial charge in [0.05, 0.1) is 19.7 Å². The molecule has 2 rings (SSSR count). The van der Waals surface area contributed by atoms with Crippen LogP contribution in [0, 0.1) is 0 Å². The molecule has 0 bridgehead atoms. The Balaban J connectivity index is 0. The van der Waals surface area contributed by atoms with E-state index in [4.69, 9.17) is 9.47 Å². The minimum atomic E-state index is -0.577. The third-order valence-electron chi connectivity index (χ3n) is 4.84. The number of nitrogens with one attached hydrogen (secondary N) is 1. The predicted octanol–water partition coefficient (Wildman–Crippen LogP) is 3.21. The molecule has 3 amide bonds. The van der Waals surface area contributed by atoms with Gasteiger partial charge in [-0.3, -0.25) is 14.5 Å². The summed E-state index contributed by atoms with van der Waals surface area (Å²) in [5, 5.41) is 2.63. The van der Waals surface area contributed by atoms with Gasteiger partial charge in [0.15, 0.2) is 0 Å². The number of hydrogen-bond donors (Lipinski definition) is 1. The Hall–Kier alpha value is -2.32. The highest BCUT2D eigenvalue weighted by Gasteiger charge is 2.47. The van der Waals surface area contributed by atoms with E-state index >= 15 is 0 Å². The van der Waals surface area contributed by atoms with Crippen LogP contribution in [0.15, 0.2) is 0 Å². The Labute approximate surface area is 181 Å². The minimum absolute atomic E-state index is 0. The highest BCUT2D eigenvalue weighted by molar-refractivity contribution is 5.83. The quantitative estimate of drug-likeness (QED) is 0.592. The molecule has 2 fully saturated rings. The van der Waals surface area contributed by atoms with Gasteiger partial charge in [-0.15, -0.1) is 0 Å². The number of piperidine rings is 1. The van der Waals surface area contributed by atoms with Gasteiger partial charge in [-0.05, 0) is 26.7 Å². The van der Waals surface area contributed by atoms with E-state index in [9.17, 15) is 19.2 Å². The highest BCUT2D eigenvalue weighted by Crippen LogP contribution is 2.33. The van der Waals surface area contributed by atoms with Crippen LogP contribution >= 0.6 is 0 Å². The Morgan fingerprint density at radius 3 is 2.33 bits per heavy atom. The number of nitrogens with zero attached hydrogens (tertiary/aromatic N) is 2. The van der Waals surface area contributed by atoms with Crippen LogP contribution in [0.2, 0.25) is 0 Å². The van der Waals surface area contributed by atoms with Crippen molar-refractivity contribution in [2.45, 2.75) is 73.8 Å². The maximum absolute atomic E-state index is 12.3. The van der Waals surface area contributed by atoms with Crippen LogP contribution in [0.5, 0.6) is 0 Å².